The van der Waals surface area contributed by atoms with Crippen LogP contribution in [0.3, 0.4) is 0 Å². The van der Waals surface area contributed by atoms with Crippen molar-refractivity contribution in [2.24, 2.45) is 0 Å². The number of hydrogen-bond donors (Lipinski definition) is 1. The highest BCUT2D eigenvalue weighted by molar-refractivity contribution is 6.21. The Balaban J connectivity index is 1.79. The van der Waals surface area contributed by atoms with Gasteiger partial charge in [0.25, 0.3) is 0 Å². The van der Waals surface area contributed by atoms with Gasteiger partial charge in [0.1, 0.15) is 0 Å². The molecule has 0 saturated carbocycles. The smallest absolute Gasteiger partial charge is 0.160 e. The van der Waals surface area contributed by atoms with Gasteiger partial charge in [0.05, 0.1) is 24.7 Å². The number of ether oxygens (including phenoxy) is 2. The van der Waals surface area contributed by atoms with Crippen molar-refractivity contribution >= 4 is 11.6 Å². The quantitative estimate of drug-likeness (QED) is 0.823. The van der Waals surface area contributed by atoms with Crippen LogP contribution in [0.15, 0.2) is 30.3 Å². The van der Waals surface area contributed by atoms with Crippen molar-refractivity contribution in [3.63, 3.8) is 0 Å². The summed E-state index contributed by atoms with van der Waals surface area (Å²) in [6.45, 7) is 0.827. The molecule has 0 unspecified atom stereocenters. The lowest BCUT2D eigenvalue weighted by Gasteiger charge is -2.29. The van der Waals surface area contributed by atoms with Gasteiger partial charge in [0, 0.05) is 6.42 Å². The maximum absolute atomic E-state index is 9.55. The molecule has 3 nitrogen and oxygen atoms in total. The molecule has 88 valence electrons. The van der Waals surface area contributed by atoms with Gasteiger partial charge in [-0.05, 0) is 5.56 Å². The Morgan fingerprint density at radius 1 is 1.38 bits per heavy atom. The lowest BCUT2D eigenvalue weighted by atomic mass is 10.1. The minimum absolute atomic E-state index is 0.323. The first-order valence-electron chi connectivity index (χ1n) is 5.35. The molecular formula is C12H15ClO3. The molecule has 0 spiro atoms. The molecule has 4 heteroatoms. The van der Waals surface area contributed by atoms with E-state index in [0.717, 1.165) is 5.56 Å². The highest BCUT2D eigenvalue weighted by atomic mass is 35.5. The van der Waals surface area contributed by atoms with Gasteiger partial charge < -0.3 is 14.6 Å². The average Bonchev–Trinajstić information content (AvgIpc) is 2.32. The molecule has 0 bridgehead atoms. The van der Waals surface area contributed by atoms with Crippen LogP contribution in [-0.2, 0) is 16.1 Å². The van der Waals surface area contributed by atoms with E-state index in [2.05, 4.69) is 0 Å². The van der Waals surface area contributed by atoms with Crippen LogP contribution >= 0.6 is 11.6 Å². The standard InChI is InChI=1S/C12H15ClO3/c13-10-8-16-12(6-11(10)14)15-7-9-4-2-1-3-5-9/h1-5,10-12,14H,6-8H2/t10-,11-,12-/m1/s1. The molecular weight excluding hydrogens is 228 g/mol. The summed E-state index contributed by atoms with van der Waals surface area (Å²) in [7, 11) is 0. The molecule has 1 N–H and O–H groups in total. The van der Waals surface area contributed by atoms with Gasteiger partial charge in [0.15, 0.2) is 6.29 Å². The van der Waals surface area contributed by atoms with Crippen LogP contribution in [0.2, 0.25) is 0 Å². The molecule has 1 aromatic carbocycles. The molecule has 1 saturated heterocycles. The van der Waals surface area contributed by atoms with E-state index in [0.29, 0.717) is 19.6 Å². The Morgan fingerprint density at radius 3 is 2.81 bits per heavy atom. The van der Waals surface area contributed by atoms with Gasteiger partial charge in [-0.1, -0.05) is 30.3 Å². The van der Waals surface area contributed by atoms with Gasteiger partial charge in [0.2, 0.25) is 0 Å². The summed E-state index contributed by atoms with van der Waals surface area (Å²) < 4.78 is 10.9. The molecule has 3 atom stereocenters. The second-order valence-electron chi connectivity index (χ2n) is 3.88. The molecule has 0 radical (unpaired) electrons. The summed E-state index contributed by atoms with van der Waals surface area (Å²) in [5.41, 5.74) is 1.09. The molecule has 0 aromatic heterocycles. The molecule has 1 aliphatic heterocycles. The number of rotatable bonds is 3. The Bertz CT molecular complexity index is 317. The second-order valence-corrected chi connectivity index (χ2v) is 4.44. The van der Waals surface area contributed by atoms with E-state index in [-0.39, 0.29) is 11.7 Å². The fourth-order valence-electron chi connectivity index (χ4n) is 1.60. The van der Waals surface area contributed by atoms with Gasteiger partial charge in [-0.2, -0.15) is 0 Å². The fraction of sp³-hybridized carbons (Fsp3) is 0.500. The zero-order valence-corrected chi connectivity index (χ0v) is 9.64. The van der Waals surface area contributed by atoms with Crippen LogP contribution in [0.1, 0.15) is 12.0 Å². The number of halogens is 1. The van der Waals surface area contributed by atoms with E-state index in [4.69, 9.17) is 21.1 Å². The van der Waals surface area contributed by atoms with E-state index in [1.807, 2.05) is 30.3 Å². The molecule has 2 rings (SSSR count). The SMILES string of the molecule is O[C@@H]1C[C@H](OCc2ccccc2)OC[C@H]1Cl. The Labute approximate surface area is 99.9 Å². The third-order valence-electron chi connectivity index (χ3n) is 2.57. The first-order valence-corrected chi connectivity index (χ1v) is 5.78. The van der Waals surface area contributed by atoms with E-state index in [1.54, 1.807) is 0 Å². The van der Waals surface area contributed by atoms with E-state index < -0.39 is 6.10 Å². The summed E-state index contributed by atoms with van der Waals surface area (Å²) in [5.74, 6) is 0. The number of aliphatic hydroxyl groups is 1. The summed E-state index contributed by atoms with van der Waals surface area (Å²) >= 11 is 5.82. The number of aliphatic hydroxyl groups excluding tert-OH is 1. The normalized spacial score (nSPS) is 30.2. The predicted molar refractivity (Wildman–Crippen MR) is 61.2 cm³/mol. The second kappa shape index (κ2) is 5.64. The van der Waals surface area contributed by atoms with Crippen LogP contribution < -0.4 is 0 Å². The van der Waals surface area contributed by atoms with E-state index in [9.17, 15) is 5.11 Å². The lowest BCUT2D eigenvalue weighted by molar-refractivity contribution is -0.188. The maximum Gasteiger partial charge on any atom is 0.160 e. The topological polar surface area (TPSA) is 38.7 Å². The zero-order chi connectivity index (χ0) is 11.4. The van der Waals surface area contributed by atoms with Crippen LogP contribution in [-0.4, -0.2) is 29.5 Å². The van der Waals surface area contributed by atoms with Crippen molar-refractivity contribution in [1.29, 1.82) is 0 Å². The first kappa shape index (κ1) is 11.9. The van der Waals surface area contributed by atoms with Crippen molar-refractivity contribution in [2.45, 2.75) is 30.8 Å². The monoisotopic (exact) mass is 242 g/mol. The fourth-order valence-corrected chi connectivity index (χ4v) is 1.78. The Kier molecular flexibility index (Phi) is 4.18. The van der Waals surface area contributed by atoms with Crippen molar-refractivity contribution in [3.8, 4) is 0 Å². The Hall–Kier alpha value is -0.610. The van der Waals surface area contributed by atoms with Crippen molar-refractivity contribution < 1.29 is 14.6 Å². The average molecular weight is 243 g/mol. The number of benzene rings is 1. The van der Waals surface area contributed by atoms with Crippen molar-refractivity contribution in [2.75, 3.05) is 6.61 Å². The molecule has 1 fully saturated rings. The van der Waals surface area contributed by atoms with Gasteiger partial charge in [-0.3, -0.25) is 0 Å². The first-order chi connectivity index (χ1) is 7.75. The summed E-state index contributed by atoms with van der Waals surface area (Å²) in [6, 6.07) is 9.86. The maximum atomic E-state index is 9.55. The molecule has 0 aliphatic carbocycles. The van der Waals surface area contributed by atoms with Gasteiger partial charge >= 0.3 is 0 Å². The van der Waals surface area contributed by atoms with E-state index in [1.165, 1.54) is 0 Å². The molecule has 1 heterocycles. The van der Waals surface area contributed by atoms with E-state index >= 15 is 0 Å². The third-order valence-corrected chi connectivity index (χ3v) is 2.99. The number of alkyl halides is 1. The Morgan fingerprint density at radius 2 is 2.12 bits per heavy atom. The van der Waals surface area contributed by atoms with Crippen molar-refractivity contribution in [3.05, 3.63) is 35.9 Å². The van der Waals surface area contributed by atoms with Crippen LogP contribution in [0.5, 0.6) is 0 Å². The lowest BCUT2D eigenvalue weighted by Crippen LogP contribution is -2.39. The third kappa shape index (κ3) is 3.19. The van der Waals surface area contributed by atoms with Crippen molar-refractivity contribution in [1.82, 2.24) is 0 Å². The minimum atomic E-state index is -0.545. The highest BCUT2D eigenvalue weighted by Gasteiger charge is 2.28. The summed E-state index contributed by atoms with van der Waals surface area (Å²) in [6.07, 6.45) is -0.470. The summed E-state index contributed by atoms with van der Waals surface area (Å²) in [5, 5.41) is 9.23. The van der Waals surface area contributed by atoms with Crippen LogP contribution in [0, 0.1) is 0 Å². The highest BCUT2D eigenvalue weighted by Crippen LogP contribution is 2.20. The molecule has 1 aliphatic rings. The minimum Gasteiger partial charge on any atom is -0.391 e. The zero-order valence-electron chi connectivity index (χ0n) is 8.88. The molecule has 16 heavy (non-hydrogen) atoms. The summed E-state index contributed by atoms with van der Waals surface area (Å²) in [4.78, 5) is 0. The molecule has 0 amide bonds. The van der Waals surface area contributed by atoms with Gasteiger partial charge in [-0.25, -0.2) is 0 Å². The predicted octanol–water partition coefficient (Wildman–Crippen LogP) is 1.92. The van der Waals surface area contributed by atoms with Crippen LogP contribution in [0.25, 0.3) is 0 Å². The van der Waals surface area contributed by atoms with Gasteiger partial charge in [-0.15, -0.1) is 11.6 Å². The number of hydrogen-bond acceptors (Lipinski definition) is 3. The largest absolute Gasteiger partial charge is 0.391 e. The van der Waals surface area contributed by atoms with Crippen LogP contribution in [0.4, 0.5) is 0 Å². The molecule has 1 aromatic rings.